The predicted molar refractivity (Wildman–Crippen MR) is 88.5 cm³/mol. The Hall–Kier alpha value is -1.64. The Balaban J connectivity index is 0.000000168. The van der Waals surface area contributed by atoms with Gasteiger partial charge in [0.25, 0.3) is 5.79 Å². The van der Waals surface area contributed by atoms with Crippen LogP contribution in [0.5, 0.6) is 0 Å². The lowest BCUT2D eigenvalue weighted by molar-refractivity contribution is -0.241. The minimum Gasteiger partial charge on any atom is -0.465 e. The fourth-order valence-corrected chi connectivity index (χ4v) is 3.02. The molecule has 1 aliphatic carbocycles. The molecule has 6 nitrogen and oxygen atoms in total. The maximum atomic E-state index is 10.9. The smallest absolute Gasteiger partial charge is 0.337 e. The van der Waals surface area contributed by atoms with Gasteiger partial charge >= 0.3 is 17.9 Å². The third-order valence-electron chi connectivity index (χ3n) is 3.50. The summed E-state index contributed by atoms with van der Waals surface area (Å²) in [5.41, 5.74) is 0.597. The molecule has 124 valence electrons. The molecule has 0 bridgehead atoms. The summed E-state index contributed by atoms with van der Waals surface area (Å²) in [5.74, 6) is -2.07. The Morgan fingerprint density at radius 2 is 1.78 bits per heavy atom. The first-order valence-corrected chi connectivity index (χ1v) is 8.29. The summed E-state index contributed by atoms with van der Waals surface area (Å²) in [6.07, 6.45) is 3.00. The predicted octanol–water partition coefficient (Wildman–Crippen LogP) is 2.82. The van der Waals surface area contributed by atoms with E-state index in [9.17, 15) is 14.4 Å². The number of methoxy groups -OCH3 is 1. The molecule has 0 radical (unpaired) electrons. The van der Waals surface area contributed by atoms with Crippen molar-refractivity contribution in [2.24, 2.45) is 0 Å². The maximum absolute atomic E-state index is 10.9. The summed E-state index contributed by atoms with van der Waals surface area (Å²) in [7, 11) is 1.38. The zero-order valence-electron chi connectivity index (χ0n) is 12.7. The second kappa shape index (κ2) is 7.76. The van der Waals surface area contributed by atoms with Crippen LogP contribution in [0.1, 0.15) is 42.5 Å². The van der Waals surface area contributed by atoms with Crippen LogP contribution in [0.4, 0.5) is 0 Å². The van der Waals surface area contributed by atoms with E-state index in [-0.39, 0.29) is 12.4 Å². The van der Waals surface area contributed by atoms with Crippen LogP contribution in [0, 0.1) is 3.57 Å². The minimum atomic E-state index is -0.883. The van der Waals surface area contributed by atoms with Crippen LogP contribution < -0.4 is 0 Å². The van der Waals surface area contributed by atoms with Gasteiger partial charge in [0, 0.05) is 16.4 Å². The van der Waals surface area contributed by atoms with E-state index < -0.39 is 17.7 Å². The van der Waals surface area contributed by atoms with Gasteiger partial charge in [0.1, 0.15) is 6.42 Å². The van der Waals surface area contributed by atoms with Crippen molar-refractivity contribution >= 4 is 40.5 Å². The van der Waals surface area contributed by atoms with Gasteiger partial charge in [-0.15, -0.1) is 0 Å². The number of benzene rings is 1. The summed E-state index contributed by atoms with van der Waals surface area (Å²) >= 11 is 2.15. The first-order valence-electron chi connectivity index (χ1n) is 7.22. The van der Waals surface area contributed by atoms with E-state index in [1.165, 1.54) is 7.11 Å². The van der Waals surface area contributed by atoms with E-state index in [1.807, 2.05) is 12.1 Å². The number of carbonyl (C=O) groups is 3. The number of ether oxygens (including phenoxy) is 3. The highest BCUT2D eigenvalue weighted by Gasteiger charge is 2.45. The molecule has 0 N–H and O–H groups in total. The molecule has 23 heavy (non-hydrogen) atoms. The van der Waals surface area contributed by atoms with Gasteiger partial charge in [0.2, 0.25) is 0 Å². The molecule has 2 fully saturated rings. The molecule has 1 aliphatic heterocycles. The number of esters is 3. The molecule has 1 heterocycles. The van der Waals surface area contributed by atoms with Crippen molar-refractivity contribution < 1.29 is 28.6 Å². The fourth-order valence-electron chi connectivity index (χ4n) is 2.48. The van der Waals surface area contributed by atoms with Crippen LogP contribution in [0.25, 0.3) is 0 Å². The summed E-state index contributed by atoms with van der Waals surface area (Å²) in [6.45, 7) is 0. The number of halogens is 1. The summed E-state index contributed by atoms with van der Waals surface area (Å²) < 4.78 is 15.6. The van der Waals surface area contributed by atoms with Gasteiger partial charge in [-0.1, -0.05) is 6.07 Å². The monoisotopic (exact) mass is 432 g/mol. The van der Waals surface area contributed by atoms with E-state index in [1.54, 1.807) is 12.1 Å². The van der Waals surface area contributed by atoms with Crippen LogP contribution in [0.3, 0.4) is 0 Å². The second-order valence-electron chi connectivity index (χ2n) is 5.24. The van der Waals surface area contributed by atoms with Gasteiger partial charge in [0.05, 0.1) is 12.7 Å². The molecule has 0 aromatic heterocycles. The van der Waals surface area contributed by atoms with Crippen LogP contribution in [-0.2, 0) is 23.8 Å². The van der Waals surface area contributed by atoms with Crippen LogP contribution >= 0.6 is 22.6 Å². The summed E-state index contributed by atoms with van der Waals surface area (Å²) in [4.78, 5) is 32.8. The number of hydrogen-bond acceptors (Lipinski definition) is 6. The van der Waals surface area contributed by atoms with Crippen molar-refractivity contribution in [2.45, 2.75) is 37.9 Å². The molecular formula is C16H17IO6. The van der Waals surface area contributed by atoms with Crippen molar-refractivity contribution in [1.82, 2.24) is 0 Å². The molecule has 0 amide bonds. The van der Waals surface area contributed by atoms with E-state index in [0.717, 1.165) is 16.4 Å². The van der Waals surface area contributed by atoms with Gasteiger partial charge in [0.15, 0.2) is 0 Å². The molecule has 3 rings (SSSR count). The van der Waals surface area contributed by atoms with Gasteiger partial charge in [-0.2, -0.15) is 0 Å². The van der Waals surface area contributed by atoms with E-state index >= 15 is 0 Å². The fraction of sp³-hybridized carbons (Fsp3) is 0.438. The van der Waals surface area contributed by atoms with Gasteiger partial charge < -0.3 is 14.2 Å². The average Bonchev–Trinajstić information content (AvgIpc) is 2.93. The zero-order chi connectivity index (χ0) is 16.9. The largest absolute Gasteiger partial charge is 0.465 e. The van der Waals surface area contributed by atoms with Crippen LogP contribution in [0.15, 0.2) is 24.3 Å². The Bertz CT molecular complexity index is 588. The molecular weight excluding hydrogens is 415 g/mol. The molecule has 1 spiro atoms. The Kier molecular flexibility index (Phi) is 5.97. The molecule has 0 unspecified atom stereocenters. The average molecular weight is 432 g/mol. The van der Waals surface area contributed by atoms with Crippen molar-refractivity contribution in [3.63, 3.8) is 0 Å². The molecule has 1 saturated heterocycles. The third-order valence-corrected chi connectivity index (χ3v) is 4.17. The minimum absolute atomic E-state index is 0.234. The van der Waals surface area contributed by atoms with E-state index in [0.29, 0.717) is 18.4 Å². The summed E-state index contributed by atoms with van der Waals surface area (Å²) in [6, 6.07) is 7.27. The highest BCUT2D eigenvalue weighted by Crippen LogP contribution is 2.37. The number of rotatable bonds is 1. The molecule has 0 atom stereocenters. The lowest BCUT2D eigenvalue weighted by Crippen LogP contribution is -2.42. The lowest BCUT2D eigenvalue weighted by atomic mass is 10.2. The highest BCUT2D eigenvalue weighted by atomic mass is 127. The number of hydrogen-bond donors (Lipinski definition) is 0. The van der Waals surface area contributed by atoms with Gasteiger partial charge in [-0.3, -0.25) is 9.59 Å². The zero-order valence-corrected chi connectivity index (χ0v) is 14.8. The first kappa shape index (κ1) is 17.7. The van der Waals surface area contributed by atoms with Crippen molar-refractivity contribution in [1.29, 1.82) is 0 Å². The lowest BCUT2D eigenvalue weighted by Gasteiger charge is -2.31. The molecule has 7 heteroatoms. The Morgan fingerprint density at radius 1 is 1.17 bits per heavy atom. The SMILES string of the molecule is COC(=O)c1cccc(I)c1.O=C1CC(=O)OC2(CCCC2)O1. The summed E-state index contributed by atoms with van der Waals surface area (Å²) in [5, 5.41) is 0. The normalized spacial score (nSPS) is 18.5. The van der Waals surface area contributed by atoms with Crippen molar-refractivity contribution in [2.75, 3.05) is 7.11 Å². The van der Waals surface area contributed by atoms with Crippen LogP contribution in [0.2, 0.25) is 0 Å². The van der Waals surface area contributed by atoms with Crippen molar-refractivity contribution in [3.8, 4) is 0 Å². The Labute approximate surface area is 147 Å². The molecule has 1 saturated carbocycles. The standard InChI is InChI=1S/C8H7IO2.C8H10O4/c1-11-8(10)6-3-2-4-7(9)5-6;9-6-5-7(10)12-8(11-6)3-1-2-4-8/h2-5H,1H3;1-5H2. The molecule has 1 aromatic carbocycles. The highest BCUT2D eigenvalue weighted by molar-refractivity contribution is 14.1. The van der Waals surface area contributed by atoms with Crippen molar-refractivity contribution in [3.05, 3.63) is 33.4 Å². The van der Waals surface area contributed by atoms with E-state index in [4.69, 9.17) is 9.47 Å². The first-order chi connectivity index (χ1) is 10.9. The van der Waals surface area contributed by atoms with Gasteiger partial charge in [-0.25, -0.2) is 4.79 Å². The van der Waals surface area contributed by atoms with Crippen LogP contribution in [-0.4, -0.2) is 30.8 Å². The maximum Gasteiger partial charge on any atom is 0.337 e. The molecule has 1 aromatic rings. The van der Waals surface area contributed by atoms with Gasteiger partial charge in [-0.05, 0) is 53.6 Å². The number of carbonyl (C=O) groups excluding carboxylic acids is 3. The quantitative estimate of drug-likeness (QED) is 0.386. The second-order valence-corrected chi connectivity index (χ2v) is 6.49. The topological polar surface area (TPSA) is 78.9 Å². The third kappa shape index (κ3) is 4.92. The van der Waals surface area contributed by atoms with E-state index in [2.05, 4.69) is 27.3 Å². The Morgan fingerprint density at radius 3 is 2.30 bits per heavy atom. The molecule has 2 aliphatic rings.